The number of rotatable bonds is 7. The fourth-order valence-corrected chi connectivity index (χ4v) is 4.19. The molecule has 0 unspecified atom stereocenters. The van der Waals surface area contributed by atoms with Crippen LogP contribution in [0.1, 0.15) is 50.0 Å². The van der Waals surface area contributed by atoms with E-state index in [1.165, 1.54) is 43.4 Å². The summed E-state index contributed by atoms with van der Waals surface area (Å²) in [6, 6.07) is 0. The van der Waals surface area contributed by atoms with Crippen molar-refractivity contribution in [2.45, 2.75) is 51.5 Å². The average molecular weight is 378 g/mol. The third-order valence-corrected chi connectivity index (χ3v) is 5.60. The quantitative estimate of drug-likeness (QED) is 0.563. The maximum Gasteiger partial charge on any atom is 0.226 e. The lowest BCUT2D eigenvalue weighted by Crippen LogP contribution is -2.18. The van der Waals surface area contributed by atoms with Gasteiger partial charge < -0.3 is 5.32 Å². The number of carbonyl (C=O) groups excluding carboxylic acids is 1. The zero-order valence-electron chi connectivity index (χ0n) is 14.2. The van der Waals surface area contributed by atoms with E-state index in [4.69, 9.17) is 12.2 Å². The maximum absolute atomic E-state index is 12.2. The minimum Gasteiger partial charge on any atom is -0.302 e. The SMILES string of the molecule is C=CCn1c(Cc2csc(NC(=O)CC3CCCCC3)n2)n[nH]c1=S. The first-order valence-corrected chi connectivity index (χ1v) is 9.93. The maximum atomic E-state index is 12.2. The molecule has 0 spiro atoms. The highest BCUT2D eigenvalue weighted by atomic mass is 32.1. The van der Waals surface area contributed by atoms with E-state index in [2.05, 4.69) is 27.1 Å². The molecule has 2 aromatic rings. The van der Waals surface area contributed by atoms with Gasteiger partial charge in [0.15, 0.2) is 9.90 Å². The van der Waals surface area contributed by atoms with E-state index in [1.54, 1.807) is 6.08 Å². The summed E-state index contributed by atoms with van der Waals surface area (Å²) in [5.74, 6) is 1.41. The van der Waals surface area contributed by atoms with Gasteiger partial charge in [0.05, 0.1) is 12.1 Å². The number of anilines is 1. The highest BCUT2D eigenvalue weighted by molar-refractivity contribution is 7.71. The Morgan fingerprint density at radius 2 is 2.28 bits per heavy atom. The number of aromatic nitrogens is 4. The zero-order valence-corrected chi connectivity index (χ0v) is 15.8. The number of carbonyl (C=O) groups is 1. The number of nitrogens with zero attached hydrogens (tertiary/aromatic N) is 3. The number of nitrogens with one attached hydrogen (secondary N) is 2. The molecule has 0 aromatic carbocycles. The molecule has 0 bridgehead atoms. The summed E-state index contributed by atoms with van der Waals surface area (Å²) in [5.41, 5.74) is 0.872. The number of H-pyrrole nitrogens is 1. The topological polar surface area (TPSA) is 75.6 Å². The fraction of sp³-hybridized carbons (Fsp3) is 0.529. The largest absolute Gasteiger partial charge is 0.302 e. The first-order chi connectivity index (χ1) is 12.2. The fourth-order valence-electron chi connectivity index (χ4n) is 3.23. The monoisotopic (exact) mass is 377 g/mol. The minimum atomic E-state index is 0.0714. The molecule has 2 N–H and O–H groups in total. The summed E-state index contributed by atoms with van der Waals surface area (Å²) in [6.45, 7) is 4.35. The summed E-state index contributed by atoms with van der Waals surface area (Å²) in [4.78, 5) is 16.7. The van der Waals surface area contributed by atoms with Crippen molar-refractivity contribution in [3.05, 3.63) is 34.3 Å². The third-order valence-electron chi connectivity index (χ3n) is 4.49. The van der Waals surface area contributed by atoms with E-state index in [-0.39, 0.29) is 5.91 Å². The van der Waals surface area contributed by atoms with Gasteiger partial charge in [-0.25, -0.2) is 4.98 Å². The number of allylic oxidation sites excluding steroid dienone is 1. The van der Waals surface area contributed by atoms with E-state index >= 15 is 0 Å². The highest BCUT2D eigenvalue weighted by Gasteiger charge is 2.18. The van der Waals surface area contributed by atoms with Crippen LogP contribution in [0.2, 0.25) is 0 Å². The van der Waals surface area contributed by atoms with Gasteiger partial charge in [0.1, 0.15) is 5.82 Å². The summed E-state index contributed by atoms with van der Waals surface area (Å²) in [7, 11) is 0. The van der Waals surface area contributed by atoms with E-state index in [1.807, 2.05) is 9.95 Å². The van der Waals surface area contributed by atoms with Crippen molar-refractivity contribution in [1.82, 2.24) is 19.7 Å². The normalized spacial score (nSPS) is 15.2. The molecule has 134 valence electrons. The molecule has 1 aliphatic carbocycles. The van der Waals surface area contributed by atoms with Crippen molar-refractivity contribution in [2.75, 3.05) is 5.32 Å². The van der Waals surface area contributed by atoms with Gasteiger partial charge in [0.2, 0.25) is 5.91 Å². The van der Waals surface area contributed by atoms with E-state index in [0.717, 1.165) is 11.5 Å². The molecule has 2 aromatic heterocycles. The van der Waals surface area contributed by atoms with Crippen LogP contribution in [0.15, 0.2) is 18.0 Å². The van der Waals surface area contributed by atoms with E-state index in [0.29, 0.717) is 35.2 Å². The van der Waals surface area contributed by atoms with Gasteiger partial charge in [-0.05, 0) is 31.0 Å². The minimum absolute atomic E-state index is 0.0714. The predicted octanol–water partition coefficient (Wildman–Crippen LogP) is 4.08. The van der Waals surface area contributed by atoms with Gasteiger partial charge in [0, 0.05) is 18.3 Å². The lowest BCUT2D eigenvalue weighted by Gasteiger charge is -2.20. The average Bonchev–Trinajstić information content (AvgIpc) is 3.17. The van der Waals surface area contributed by atoms with Crippen LogP contribution in [-0.4, -0.2) is 25.7 Å². The molecular weight excluding hydrogens is 354 g/mol. The van der Waals surface area contributed by atoms with Crippen LogP contribution in [0, 0.1) is 10.7 Å². The molecule has 0 radical (unpaired) electrons. The Labute approximate surface area is 156 Å². The van der Waals surface area contributed by atoms with Gasteiger partial charge in [-0.1, -0.05) is 25.3 Å². The molecule has 6 nitrogen and oxygen atoms in total. The van der Waals surface area contributed by atoms with Gasteiger partial charge in [-0.15, -0.1) is 17.9 Å². The second kappa shape index (κ2) is 8.53. The van der Waals surface area contributed by atoms with Crippen LogP contribution >= 0.6 is 23.6 Å². The summed E-state index contributed by atoms with van der Waals surface area (Å²) >= 11 is 6.67. The predicted molar refractivity (Wildman–Crippen MR) is 102 cm³/mol. The van der Waals surface area contributed by atoms with Crippen molar-refractivity contribution in [3.8, 4) is 0 Å². The Bertz CT molecular complexity index is 785. The summed E-state index contributed by atoms with van der Waals surface area (Å²) < 4.78 is 2.47. The van der Waals surface area contributed by atoms with Crippen molar-refractivity contribution in [3.63, 3.8) is 0 Å². The first kappa shape index (κ1) is 18.0. The molecule has 25 heavy (non-hydrogen) atoms. The van der Waals surface area contributed by atoms with Crippen LogP contribution < -0.4 is 5.32 Å². The molecule has 8 heteroatoms. The standard InChI is InChI=1S/C17H23N5OS2/c1-2-8-22-14(20-21-17(22)24)10-13-11-25-16(18-13)19-15(23)9-12-6-4-3-5-7-12/h2,11-12H,1,3-10H2,(H,21,24)(H,18,19,23). The van der Waals surface area contributed by atoms with Crippen molar-refractivity contribution in [1.29, 1.82) is 0 Å². The molecule has 2 heterocycles. The van der Waals surface area contributed by atoms with Gasteiger partial charge in [-0.3, -0.25) is 14.5 Å². The number of aromatic amines is 1. The molecule has 1 fully saturated rings. The molecule has 1 amide bonds. The van der Waals surface area contributed by atoms with E-state index in [9.17, 15) is 4.79 Å². The molecule has 1 aliphatic rings. The number of hydrogen-bond acceptors (Lipinski definition) is 5. The molecule has 3 rings (SSSR count). The smallest absolute Gasteiger partial charge is 0.226 e. The Morgan fingerprint density at radius 1 is 1.48 bits per heavy atom. The molecular formula is C17H23N5OS2. The van der Waals surface area contributed by atoms with Crippen LogP contribution in [0.5, 0.6) is 0 Å². The summed E-state index contributed by atoms with van der Waals surface area (Å²) in [6.07, 6.45) is 9.09. The highest BCUT2D eigenvalue weighted by Crippen LogP contribution is 2.27. The van der Waals surface area contributed by atoms with Crippen LogP contribution in [0.25, 0.3) is 0 Å². The van der Waals surface area contributed by atoms with Crippen molar-refractivity contribution < 1.29 is 4.79 Å². The number of hydrogen-bond donors (Lipinski definition) is 2. The summed E-state index contributed by atoms with van der Waals surface area (Å²) in [5, 5.41) is 12.6. The second-order valence-corrected chi connectivity index (χ2v) is 7.67. The van der Waals surface area contributed by atoms with Crippen molar-refractivity contribution in [2.24, 2.45) is 5.92 Å². The Hall–Kier alpha value is -1.80. The Morgan fingerprint density at radius 3 is 3.04 bits per heavy atom. The molecule has 0 atom stereocenters. The van der Waals surface area contributed by atoms with Crippen LogP contribution in [0.4, 0.5) is 5.13 Å². The zero-order chi connectivity index (χ0) is 17.6. The Kier molecular flexibility index (Phi) is 6.14. The second-order valence-electron chi connectivity index (χ2n) is 6.42. The lowest BCUT2D eigenvalue weighted by atomic mass is 9.87. The first-order valence-electron chi connectivity index (χ1n) is 8.65. The molecule has 0 aliphatic heterocycles. The van der Waals surface area contributed by atoms with Gasteiger partial charge >= 0.3 is 0 Å². The number of thiazole rings is 1. The van der Waals surface area contributed by atoms with Crippen LogP contribution in [-0.2, 0) is 17.8 Å². The molecule has 0 saturated heterocycles. The van der Waals surface area contributed by atoms with Gasteiger partial charge in [-0.2, -0.15) is 5.10 Å². The Balaban J connectivity index is 1.58. The van der Waals surface area contributed by atoms with Gasteiger partial charge in [0.25, 0.3) is 0 Å². The van der Waals surface area contributed by atoms with Crippen molar-refractivity contribution >= 4 is 34.6 Å². The number of amides is 1. The van der Waals surface area contributed by atoms with Crippen LogP contribution in [0.3, 0.4) is 0 Å². The molecule has 1 saturated carbocycles. The third kappa shape index (κ3) is 4.85. The lowest BCUT2D eigenvalue weighted by molar-refractivity contribution is -0.117. The van der Waals surface area contributed by atoms with E-state index < -0.39 is 0 Å².